The molecule has 8 heteroatoms. The molecule has 0 bridgehead atoms. The predicted octanol–water partition coefficient (Wildman–Crippen LogP) is 1.42. The van der Waals surface area contributed by atoms with E-state index in [0.717, 1.165) is 5.56 Å². The number of hydrogen-bond donors (Lipinski definition) is 1. The lowest BCUT2D eigenvalue weighted by Crippen LogP contribution is -2.30. The highest BCUT2D eigenvalue weighted by molar-refractivity contribution is 6.02. The van der Waals surface area contributed by atoms with E-state index in [0.29, 0.717) is 31.6 Å². The van der Waals surface area contributed by atoms with Crippen LogP contribution in [0.5, 0.6) is 0 Å². The van der Waals surface area contributed by atoms with Crippen LogP contribution in [0.15, 0.2) is 48.9 Å². The van der Waals surface area contributed by atoms with Crippen LogP contribution in [-0.2, 0) is 11.2 Å². The highest BCUT2D eigenvalue weighted by Gasteiger charge is 2.23. The summed E-state index contributed by atoms with van der Waals surface area (Å²) in [7, 11) is 3.29. The molecular formula is C20H23N5O3. The zero-order chi connectivity index (χ0) is 19.9. The van der Waals surface area contributed by atoms with Crippen LogP contribution >= 0.6 is 0 Å². The van der Waals surface area contributed by atoms with Crippen LogP contribution in [-0.4, -0.2) is 64.9 Å². The molecule has 0 aromatic carbocycles. The molecule has 0 fully saturated rings. The van der Waals surface area contributed by atoms with Gasteiger partial charge in [0.15, 0.2) is 5.69 Å². The summed E-state index contributed by atoms with van der Waals surface area (Å²) in [5.74, 6) is -0.366. The van der Waals surface area contributed by atoms with Gasteiger partial charge < -0.3 is 15.0 Å². The quantitative estimate of drug-likeness (QED) is 0.596. The number of fused-ring (bicyclic) bond motifs is 1. The molecule has 0 aliphatic rings. The van der Waals surface area contributed by atoms with Crippen LogP contribution in [0.3, 0.4) is 0 Å². The fourth-order valence-corrected chi connectivity index (χ4v) is 2.82. The van der Waals surface area contributed by atoms with Gasteiger partial charge in [0, 0.05) is 45.8 Å². The van der Waals surface area contributed by atoms with Crippen molar-refractivity contribution < 1.29 is 14.3 Å². The number of rotatable bonds is 8. The standard InChI is InChI=1S/C20H23N5O3/c1-24(13-8-15-6-9-21-10-7-15)20(27)18-23-17(19(26)22-11-14-28-2)16-5-3-4-12-25(16)18/h3-7,9-10,12H,8,11,13-14H2,1-2H3,(H,22,26). The van der Waals surface area contributed by atoms with Crippen molar-refractivity contribution in [1.29, 1.82) is 0 Å². The normalized spacial score (nSPS) is 10.8. The van der Waals surface area contributed by atoms with Crippen LogP contribution in [0.25, 0.3) is 5.52 Å². The lowest BCUT2D eigenvalue weighted by atomic mass is 10.2. The molecule has 0 saturated heterocycles. The number of ether oxygens (including phenoxy) is 1. The van der Waals surface area contributed by atoms with Crippen LogP contribution in [0, 0.1) is 0 Å². The molecule has 3 rings (SSSR count). The topological polar surface area (TPSA) is 88.8 Å². The molecule has 0 aliphatic heterocycles. The maximum atomic E-state index is 13.0. The fraction of sp³-hybridized carbons (Fsp3) is 0.300. The Morgan fingerprint density at radius 3 is 2.75 bits per heavy atom. The number of methoxy groups -OCH3 is 1. The van der Waals surface area contributed by atoms with E-state index in [2.05, 4.69) is 15.3 Å². The largest absolute Gasteiger partial charge is 0.383 e. The molecule has 1 N–H and O–H groups in total. The van der Waals surface area contributed by atoms with Gasteiger partial charge in [0.2, 0.25) is 5.82 Å². The molecule has 146 valence electrons. The summed E-state index contributed by atoms with van der Waals surface area (Å²) >= 11 is 0. The van der Waals surface area contributed by atoms with Crippen molar-refractivity contribution >= 4 is 17.3 Å². The first-order valence-electron chi connectivity index (χ1n) is 9.00. The van der Waals surface area contributed by atoms with Gasteiger partial charge in [-0.2, -0.15) is 0 Å². The SMILES string of the molecule is COCCNC(=O)c1nc(C(=O)N(C)CCc2ccncc2)n2ccccc12. The second-order valence-electron chi connectivity index (χ2n) is 6.32. The van der Waals surface area contributed by atoms with E-state index in [1.165, 1.54) is 0 Å². The van der Waals surface area contributed by atoms with Crippen molar-refractivity contribution in [2.24, 2.45) is 0 Å². The molecule has 3 heterocycles. The summed E-state index contributed by atoms with van der Waals surface area (Å²) in [6, 6.07) is 9.22. The summed E-state index contributed by atoms with van der Waals surface area (Å²) in [6.45, 7) is 1.30. The third kappa shape index (κ3) is 4.34. The molecule has 8 nitrogen and oxygen atoms in total. The number of aromatic nitrogens is 3. The van der Waals surface area contributed by atoms with E-state index in [1.807, 2.05) is 18.2 Å². The zero-order valence-electron chi connectivity index (χ0n) is 16.0. The molecule has 0 aliphatic carbocycles. The number of imidazole rings is 1. The Morgan fingerprint density at radius 1 is 1.21 bits per heavy atom. The Labute approximate surface area is 163 Å². The average molecular weight is 381 g/mol. The van der Waals surface area contributed by atoms with Crippen LogP contribution < -0.4 is 5.32 Å². The van der Waals surface area contributed by atoms with Crippen LogP contribution in [0.2, 0.25) is 0 Å². The van der Waals surface area contributed by atoms with Crippen molar-refractivity contribution in [2.75, 3.05) is 33.9 Å². The van der Waals surface area contributed by atoms with Gasteiger partial charge in [-0.3, -0.25) is 19.0 Å². The number of amides is 2. The molecule has 28 heavy (non-hydrogen) atoms. The Hall–Kier alpha value is -3.26. The number of likely N-dealkylation sites (N-methyl/N-ethyl adjacent to an activating group) is 1. The van der Waals surface area contributed by atoms with Crippen molar-refractivity contribution in [3.63, 3.8) is 0 Å². The lowest BCUT2D eigenvalue weighted by molar-refractivity contribution is 0.0784. The highest BCUT2D eigenvalue weighted by Crippen LogP contribution is 2.15. The average Bonchev–Trinajstić information content (AvgIpc) is 3.12. The smallest absolute Gasteiger partial charge is 0.290 e. The van der Waals surface area contributed by atoms with Crippen LogP contribution in [0.1, 0.15) is 26.7 Å². The van der Waals surface area contributed by atoms with Crippen molar-refractivity contribution in [3.05, 3.63) is 66.0 Å². The molecule has 0 spiro atoms. The third-order valence-corrected chi connectivity index (χ3v) is 4.38. The first-order valence-corrected chi connectivity index (χ1v) is 9.00. The Balaban J connectivity index is 1.79. The Bertz CT molecular complexity index is 955. The van der Waals surface area contributed by atoms with Crippen molar-refractivity contribution in [3.8, 4) is 0 Å². The fourth-order valence-electron chi connectivity index (χ4n) is 2.82. The van der Waals surface area contributed by atoms with Gasteiger partial charge in [0.05, 0.1) is 12.1 Å². The molecule has 3 aromatic heterocycles. The van der Waals surface area contributed by atoms with Gasteiger partial charge in [-0.15, -0.1) is 0 Å². The molecule has 2 amide bonds. The minimum absolute atomic E-state index is 0.213. The summed E-state index contributed by atoms with van der Waals surface area (Å²) < 4.78 is 6.60. The van der Waals surface area contributed by atoms with Gasteiger partial charge in [-0.1, -0.05) is 6.07 Å². The van der Waals surface area contributed by atoms with Gasteiger partial charge in [0.25, 0.3) is 11.8 Å². The minimum atomic E-state index is -0.334. The number of hydrogen-bond acceptors (Lipinski definition) is 5. The monoisotopic (exact) mass is 381 g/mol. The molecule has 0 radical (unpaired) electrons. The summed E-state index contributed by atoms with van der Waals surface area (Å²) in [5.41, 5.74) is 1.91. The van der Waals surface area contributed by atoms with E-state index in [4.69, 9.17) is 4.74 Å². The Kier molecular flexibility index (Phi) is 6.33. The second-order valence-corrected chi connectivity index (χ2v) is 6.32. The highest BCUT2D eigenvalue weighted by atomic mass is 16.5. The molecule has 0 atom stereocenters. The minimum Gasteiger partial charge on any atom is -0.383 e. The summed E-state index contributed by atoms with van der Waals surface area (Å²) in [4.78, 5) is 35.4. The maximum Gasteiger partial charge on any atom is 0.290 e. The van der Waals surface area contributed by atoms with Crippen LogP contribution in [0.4, 0.5) is 0 Å². The van der Waals surface area contributed by atoms with E-state index < -0.39 is 0 Å². The third-order valence-electron chi connectivity index (χ3n) is 4.38. The van der Waals surface area contributed by atoms with E-state index in [9.17, 15) is 9.59 Å². The van der Waals surface area contributed by atoms with Gasteiger partial charge in [0.1, 0.15) is 0 Å². The van der Waals surface area contributed by atoms with E-state index in [-0.39, 0.29) is 23.3 Å². The lowest BCUT2D eigenvalue weighted by Gasteiger charge is -2.16. The molecular weight excluding hydrogens is 358 g/mol. The van der Waals surface area contributed by atoms with E-state index in [1.54, 1.807) is 54.2 Å². The Morgan fingerprint density at radius 2 is 2.00 bits per heavy atom. The number of nitrogens with one attached hydrogen (secondary N) is 1. The van der Waals surface area contributed by atoms with Crippen molar-refractivity contribution in [2.45, 2.75) is 6.42 Å². The number of carbonyl (C=O) groups is 2. The maximum absolute atomic E-state index is 13.0. The number of nitrogens with zero attached hydrogens (tertiary/aromatic N) is 4. The predicted molar refractivity (Wildman–Crippen MR) is 104 cm³/mol. The van der Waals surface area contributed by atoms with Crippen molar-refractivity contribution in [1.82, 2.24) is 24.6 Å². The van der Waals surface area contributed by atoms with Gasteiger partial charge in [-0.25, -0.2) is 4.98 Å². The summed E-state index contributed by atoms with van der Waals surface area (Å²) in [6.07, 6.45) is 5.90. The molecule has 3 aromatic rings. The summed E-state index contributed by atoms with van der Waals surface area (Å²) in [5, 5.41) is 2.75. The second kappa shape index (κ2) is 9.09. The van der Waals surface area contributed by atoms with Gasteiger partial charge >= 0.3 is 0 Å². The first-order chi connectivity index (χ1) is 13.6. The van der Waals surface area contributed by atoms with Gasteiger partial charge in [-0.05, 0) is 36.2 Å². The number of carbonyl (C=O) groups excluding carboxylic acids is 2. The zero-order valence-corrected chi connectivity index (χ0v) is 16.0. The number of pyridine rings is 2. The first kappa shape index (κ1) is 19.5. The molecule has 0 unspecified atom stereocenters. The molecule has 0 saturated carbocycles. The van der Waals surface area contributed by atoms with E-state index >= 15 is 0 Å².